The Balaban J connectivity index is 1.25. The van der Waals surface area contributed by atoms with Crippen molar-refractivity contribution in [2.75, 3.05) is 19.6 Å². The molecule has 190 valence electrons. The van der Waals surface area contributed by atoms with Crippen LogP contribution in [0.25, 0.3) is 0 Å². The van der Waals surface area contributed by atoms with Crippen LogP contribution in [-0.2, 0) is 28.9 Å². The highest BCUT2D eigenvalue weighted by Gasteiger charge is 2.51. The molecule has 2 fully saturated rings. The van der Waals surface area contributed by atoms with E-state index in [1.165, 1.54) is 5.56 Å². The summed E-state index contributed by atoms with van der Waals surface area (Å²) >= 11 is 0. The molecule has 0 spiro atoms. The molecule has 3 aromatic carbocycles. The van der Waals surface area contributed by atoms with Gasteiger partial charge in [-0.2, -0.15) is 0 Å². The third-order valence-electron chi connectivity index (χ3n) is 7.57. The summed E-state index contributed by atoms with van der Waals surface area (Å²) < 4.78 is 0. The number of benzene rings is 3. The minimum Gasteiger partial charge on any atom is -0.341 e. The third-order valence-corrected chi connectivity index (χ3v) is 7.57. The van der Waals surface area contributed by atoms with Gasteiger partial charge in [0.25, 0.3) is 5.91 Å². The average Bonchev–Trinajstić information content (AvgIpc) is 3.14. The minimum absolute atomic E-state index is 0.170. The number of imide groups is 1. The first-order valence-electron chi connectivity index (χ1n) is 13.1. The summed E-state index contributed by atoms with van der Waals surface area (Å²) in [4.78, 5) is 43.0. The molecule has 2 heterocycles. The minimum atomic E-state index is -1.12. The molecule has 0 aliphatic carbocycles. The SMILES string of the molecule is O=C(CN1C(=O)NC(Cc2ccccc2)(Cc2ccccc2)C1=O)N1CCC(Cc2ccccc2)CC1. The van der Waals surface area contributed by atoms with Crippen LogP contribution in [0.3, 0.4) is 0 Å². The van der Waals surface area contributed by atoms with E-state index >= 15 is 0 Å². The van der Waals surface area contributed by atoms with Gasteiger partial charge in [-0.3, -0.25) is 14.5 Å². The van der Waals surface area contributed by atoms with Crippen molar-refractivity contribution in [3.8, 4) is 0 Å². The number of rotatable bonds is 8. The van der Waals surface area contributed by atoms with Gasteiger partial charge in [0.15, 0.2) is 0 Å². The first kappa shape index (κ1) is 24.8. The fraction of sp³-hybridized carbons (Fsp3) is 0.323. The number of amides is 4. The highest BCUT2D eigenvalue weighted by atomic mass is 16.2. The topological polar surface area (TPSA) is 69.7 Å². The Morgan fingerprint density at radius 3 is 1.76 bits per heavy atom. The predicted molar refractivity (Wildman–Crippen MR) is 143 cm³/mol. The maximum Gasteiger partial charge on any atom is 0.325 e. The number of urea groups is 1. The van der Waals surface area contributed by atoms with E-state index < -0.39 is 11.6 Å². The van der Waals surface area contributed by atoms with Gasteiger partial charge < -0.3 is 10.2 Å². The van der Waals surface area contributed by atoms with E-state index in [1.54, 1.807) is 4.90 Å². The van der Waals surface area contributed by atoms with Crippen molar-refractivity contribution in [1.82, 2.24) is 15.1 Å². The van der Waals surface area contributed by atoms with E-state index in [-0.39, 0.29) is 18.4 Å². The second-order valence-corrected chi connectivity index (χ2v) is 10.2. The maximum absolute atomic E-state index is 13.8. The van der Waals surface area contributed by atoms with Crippen molar-refractivity contribution in [3.63, 3.8) is 0 Å². The molecule has 0 aromatic heterocycles. The van der Waals surface area contributed by atoms with Gasteiger partial charge in [-0.05, 0) is 41.9 Å². The summed E-state index contributed by atoms with van der Waals surface area (Å²) in [6.45, 7) is 1.08. The summed E-state index contributed by atoms with van der Waals surface area (Å²) in [7, 11) is 0. The zero-order valence-corrected chi connectivity index (χ0v) is 21.0. The van der Waals surface area contributed by atoms with Crippen molar-refractivity contribution < 1.29 is 14.4 Å². The molecule has 6 nitrogen and oxygen atoms in total. The molecule has 2 aliphatic heterocycles. The average molecular weight is 496 g/mol. The van der Waals surface area contributed by atoms with Crippen molar-refractivity contribution in [2.24, 2.45) is 5.92 Å². The van der Waals surface area contributed by atoms with Crippen molar-refractivity contribution in [3.05, 3.63) is 108 Å². The standard InChI is InChI=1S/C31H33N3O3/c35-28(33-18-16-25(17-19-33)20-24-10-4-1-5-11-24)23-34-29(36)31(32-30(34)37,21-26-12-6-2-7-13-26)22-27-14-8-3-9-15-27/h1-15,25H,16-23H2,(H,32,37). The lowest BCUT2D eigenvalue weighted by Crippen LogP contribution is -2.51. The third kappa shape index (κ3) is 5.74. The van der Waals surface area contributed by atoms with Crippen LogP contribution < -0.4 is 5.32 Å². The Morgan fingerprint density at radius 1 is 0.757 bits per heavy atom. The molecule has 0 atom stereocenters. The number of piperidine rings is 1. The molecular formula is C31H33N3O3. The Labute approximate surface area is 218 Å². The number of nitrogens with zero attached hydrogens (tertiary/aromatic N) is 2. The molecule has 2 saturated heterocycles. The normalized spacial score (nSPS) is 17.6. The number of likely N-dealkylation sites (tertiary alicyclic amines) is 1. The van der Waals surface area contributed by atoms with Crippen molar-refractivity contribution in [1.29, 1.82) is 0 Å². The van der Waals surface area contributed by atoms with Crippen LogP contribution in [0.5, 0.6) is 0 Å². The van der Waals surface area contributed by atoms with Gasteiger partial charge in [0.05, 0.1) is 0 Å². The van der Waals surface area contributed by atoms with E-state index in [0.29, 0.717) is 31.8 Å². The Morgan fingerprint density at radius 2 is 1.24 bits per heavy atom. The zero-order chi connectivity index (χ0) is 25.7. The molecule has 3 aromatic rings. The van der Waals surface area contributed by atoms with E-state index in [9.17, 15) is 14.4 Å². The van der Waals surface area contributed by atoms with Crippen LogP contribution in [0.2, 0.25) is 0 Å². The molecule has 0 radical (unpaired) electrons. The summed E-state index contributed by atoms with van der Waals surface area (Å²) in [6, 6.07) is 29.3. The lowest BCUT2D eigenvalue weighted by Gasteiger charge is -2.33. The summed E-state index contributed by atoms with van der Waals surface area (Å²) in [5, 5.41) is 2.97. The zero-order valence-electron chi connectivity index (χ0n) is 21.0. The number of carbonyl (C=O) groups is 3. The summed E-state index contributed by atoms with van der Waals surface area (Å²) in [5.74, 6) is 0.0296. The van der Waals surface area contributed by atoms with Gasteiger partial charge in [-0.1, -0.05) is 91.0 Å². The first-order valence-corrected chi connectivity index (χ1v) is 13.1. The molecule has 0 unspecified atom stereocenters. The van der Waals surface area contributed by atoms with Gasteiger partial charge in [-0.25, -0.2) is 4.79 Å². The first-order chi connectivity index (χ1) is 18.0. The van der Waals surface area contributed by atoms with E-state index in [4.69, 9.17) is 0 Å². The second-order valence-electron chi connectivity index (χ2n) is 10.2. The van der Waals surface area contributed by atoms with E-state index in [0.717, 1.165) is 35.3 Å². The van der Waals surface area contributed by atoms with Crippen LogP contribution in [-0.4, -0.2) is 52.8 Å². The number of carbonyl (C=O) groups excluding carboxylic acids is 3. The van der Waals surface area contributed by atoms with Gasteiger partial charge in [0.2, 0.25) is 5.91 Å². The summed E-state index contributed by atoms with van der Waals surface area (Å²) in [5.41, 5.74) is 2.12. The highest BCUT2D eigenvalue weighted by molar-refractivity contribution is 6.09. The Kier molecular flexibility index (Phi) is 7.35. The number of hydrogen-bond donors (Lipinski definition) is 1. The Bertz CT molecular complexity index is 1180. The quantitative estimate of drug-likeness (QED) is 0.475. The predicted octanol–water partition coefficient (Wildman–Crippen LogP) is 4.24. The maximum atomic E-state index is 13.8. The molecule has 2 aliphatic rings. The van der Waals surface area contributed by atoms with E-state index in [1.807, 2.05) is 66.7 Å². The van der Waals surface area contributed by atoms with Crippen LogP contribution in [0.1, 0.15) is 29.5 Å². The highest BCUT2D eigenvalue weighted by Crippen LogP contribution is 2.28. The fourth-order valence-electron chi connectivity index (χ4n) is 5.58. The fourth-order valence-corrected chi connectivity index (χ4v) is 5.58. The van der Waals surface area contributed by atoms with Gasteiger partial charge in [-0.15, -0.1) is 0 Å². The van der Waals surface area contributed by atoms with Crippen molar-refractivity contribution in [2.45, 2.75) is 37.6 Å². The molecular weight excluding hydrogens is 462 g/mol. The van der Waals surface area contributed by atoms with Crippen LogP contribution in [0.15, 0.2) is 91.0 Å². The molecule has 0 saturated carbocycles. The van der Waals surface area contributed by atoms with Crippen LogP contribution >= 0.6 is 0 Å². The Hall–Kier alpha value is -3.93. The van der Waals surface area contributed by atoms with Crippen LogP contribution in [0.4, 0.5) is 4.79 Å². The van der Waals surface area contributed by atoms with Crippen molar-refractivity contribution >= 4 is 17.8 Å². The molecule has 5 rings (SSSR count). The largest absolute Gasteiger partial charge is 0.341 e. The lowest BCUT2D eigenvalue weighted by molar-refractivity contribution is -0.139. The smallest absolute Gasteiger partial charge is 0.325 e. The second kappa shape index (κ2) is 11.0. The molecule has 1 N–H and O–H groups in total. The monoisotopic (exact) mass is 495 g/mol. The summed E-state index contributed by atoms with van der Waals surface area (Å²) in [6.07, 6.45) is 3.59. The van der Waals surface area contributed by atoms with Gasteiger partial charge in [0.1, 0.15) is 12.1 Å². The lowest BCUT2D eigenvalue weighted by atomic mass is 9.84. The molecule has 6 heteroatoms. The number of hydrogen-bond acceptors (Lipinski definition) is 3. The van der Waals surface area contributed by atoms with Gasteiger partial charge >= 0.3 is 6.03 Å². The molecule has 37 heavy (non-hydrogen) atoms. The molecule has 4 amide bonds. The number of nitrogens with one attached hydrogen (secondary N) is 1. The van der Waals surface area contributed by atoms with Crippen LogP contribution in [0, 0.1) is 5.92 Å². The van der Waals surface area contributed by atoms with Gasteiger partial charge in [0, 0.05) is 25.9 Å². The molecule has 0 bridgehead atoms. The van der Waals surface area contributed by atoms with E-state index in [2.05, 4.69) is 29.6 Å².